The van der Waals surface area contributed by atoms with E-state index in [1.54, 1.807) is 0 Å². The molecule has 0 saturated heterocycles. The van der Waals surface area contributed by atoms with Crippen molar-refractivity contribution in [2.75, 3.05) is 0 Å². The molecular formula is C7H12N2O7S. The summed E-state index contributed by atoms with van der Waals surface area (Å²) in [7, 11) is 0. The number of carboxylic acid groups (broad SMARTS) is 3. The van der Waals surface area contributed by atoms with Gasteiger partial charge in [0.05, 0.1) is 12.8 Å². The third-order valence-corrected chi connectivity index (χ3v) is 1.29. The van der Waals surface area contributed by atoms with Crippen molar-refractivity contribution < 1.29 is 34.8 Å². The number of nitrogens with two attached hydrogens (primary N) is 2. The number of hydrogen-bond donors (Lipinski definition) is 6. The molecule has 0 aliphatic carbocycles. The second-order valence-electron chi connectivity index (χ2n) is 2.88. The summed E-state index contributed by atoms with van der Waals surface area (Å²) in [6.07, 6.45) is -2.29. The van der Waals surface area contributed by atoms with E-state index in [9.17, 15) is 14.4 Å². The number of carbonyl (C=O) groups is 3. The third-order valence-electron chi connectivity index (χ3n) is 1.29. The fraction of sp³-hybridized carbons (Fsp3) is 0.429. The zero-order valence-electron chi connectivity index (χ0n) is 8.49. The smallest absolute Gasteiger partial charge is 0.336 e. The Morgan fingerprint density at radius 3 is 1.35 bits per heavy atom. The lowest BCUT2D eigenvalue weighted by Gasteiger charge is -2.18. The SMILES string of the molecule is NC(N)=S.O=C(O)CC(O)(CC(=O)O)C(=O)O. The van der Waals surface area contributed by atoms with Crippen LogP contribution in [0.25, 0.3) is 0 Å². The molecule has 0 saturated carbocycles. The van der Waals surface area contributed by atoms with Crippen LogP contribution in [0.2, 0.25) is 0 Å². The number of thiocarbonyl (C=S) groups is 1. The molecule has 0 bridgehead atoms. The molecule has 0 unspecified atom stereocenters. The first-order valence-electron chi connectivity index (χ1n) is 3.95. The van der Waals surface area contributed by atoms with Gasteiger partial charge in [0.1, 0.15) is 0 Å². The summed E-state index contributed by atoms with van der Waals surface area (Å²) < 4.78 is 0. The van der Waals surface area contributed by atoms with Crippen molar-refractivity contribution in [3.8, 4) is 0 Å². The van der Waals surface area contributed by atoms with Crippen LogP contribution in [-0.4, -0.2) is 49.0 Å². The molecule has 8 N–H and O–H groups in total. The van der Waals surface area contributed by atoms with Gasteiger partial charge in [0.15, 0.2) is 10.7 Å². The Kier molecular flexibility index (Phi) is 7.55. The molecule has 0 atom stereocenters. The second kappa shape index (κ2) is 7.35. The van der Waals surface area contributed by atoms with Crippen LogP contribution in [0.15, 0.2) is 0 Å². The van der Waals surface area contributed by atoms with Gasteiger partial charge in [-0.05, 0) is 12.2 Å². The van der Waals surface area contributed by atoms with Gasteiger partial charge in [-0.15, -0.1) is 0 Å². The number of aliphatic carboxylic acids is 3. The van der Waals surface area contributed by atoms with Crippen LogP contribution in [0.1, 0.15) is 12.8 Å². The molecule has 17 heavy (non-hydrogen) atoms. The van der Waals surface area contributed by atoms with Crippen LogP contribution in [-0.2, 0) is 14.4 Å². The van der Waals surface area contributed by atoms with E-state index in [2.05, 4.69) is 23.7 Å². The highest BCUT2D eigenvalue weighted by Crippen LogP contribution is 2.15. The Bertz CT molecular complexity index is 310. The minimum Gasteiger partial charge on any atom is -0.481 e. The molecular weight excluding hydrogens is 256 g/mol. The molecule has 0 heterocycles. The number of carboxylic acids is 3. The Morgan fingerprint density at radius 1 is 1.00 bits per heavy atom. The molecule has 0 aromatic carbocycles. The van der Waals surface area contributed by atoms with Gasteiger partial charge in [0, 0.05) is 0 Å². The molecule has 0 aromatic rings. The van der Waals surface area contributed by atoms with Gasteiger partial charge < -0.3 is 31.9 Å². The zero-order valence-corrected chi connectivity index (χ0v) is 9.31. The topological polar surface area (TPSA) is 184 Å². The Balaban J connectivity index is 0. The summed E-state index contributed by atoms with van der Waals surface area (Å²) in [5.41, 5.74) is 6.50. The lowest BCUT2D eigenvalue weighted by molar-refractivity contribution is -0.170. The van der Waals surface area contributed by atoms with Crippen molar-refractivity contribution in [2.24, 2.45) is 11.5 Å². The molecule has 98 valence electrons. The highest BCUT2D eigenvalue weighted by atomic mass is 32.1. The number of aliphatic hydroxyl groups is 1. The van der Waals surface area contributed by atoms with Crippen LogP contribution < -0.4 is 11.5 Å². The van der Waals surface area contributed by atoms with Crippen LogP contribution >= 0.6 is 12.2 Å². The first kappa shape index (κ1) is 17.5. The van der Waals surface area contributed by atoms with Crippen molar-refractivity contribution in [1.29, 1.82) is 0 Å². The van der Waals surface area contributed by atoms with Gasteiger partial charge in [-0.1, -0.05) is 0 Å². The van der Waals surface area contributed by atoms with Gasteiger partial charge in [-0.25, -0.2) is 4.79 Å². The van der Waals surface area contributed by atoms with E-state index in [4.69, 9.17) is 20.4 Å². The van der Waals surface area contributed by atoms with Crippen molar-refractivity contribution in [3.63, 3.8) is 0 Å². The maximum absolute atomic E-state index is 10.3. The Labute approximate surface area is 101 Å². The van der Waals surface area contributed by atoms with Crippen molar-refractivity contribution in [2.45, 2.75) is 18.4 Å². The average Bonchev–Trinajstić information content (AvgIpc) is 1.98. The predicted molar refractivity (Wildman–Crippen MR) is 58.1 cm³/mol. The van der Waals surface area contributed by atoms with E-state index in [0.717, 1.165) is 0 Å². The average molecular weight is 268 g/mol. The lowest BCUT2D eigenvalue weighted by atomic mass is 9.96. The normalized spacial score (nSPS) is 9.71. The summed E-state index contributed by atoms with van der Waals surface area (Å²) in [6, 6.07) is 0. The van der Waals surface area contributed by atoms with Crippen LogP contribution in [0, 0.1) is 0 Å². The molecule has 0 aliphatic heterocycles. The maximum Gasteiger partial charge on any atom is 0.336 e. The van der Waals surface area contributed by atoms with E-state index < -0.39 is 36.4 Å². The molecule has 0 aliphatic rings. The molecule has 0 aromatic heterocycles. The standard InChI is InChI=1S/C6H8O7.CH4N2S/c7-3(8)1-6(13,5(11)12)2-4(9)10;2-1(3)4/h13H,1-2H2,(H,7,8)(H,9,10)(H,11,12);(H4,2,3,4). The van der Waals surface area contributed by atoms with E-state index in [1.807, 2.05) is 0 Å². The van der Waals surface area contributed by atoms with Crippen molar-refractivity contribution in [1.82, 2.24) is 0 Å². The minimum atomic E-state index is -2.74. The van der Waals surface area contributed by atoms with E-state index in [1.165, 1.54) is 0 Å². The molecule has 0 fully saturated rings. The number of rotatable bonds is 5. The first-order valence-corrected chi connectivity index (χ1v) is 4.36. The Hall–Kier alpha value is -1.94. The largest absolute Gasteiger partial charge is 0.481 e. The highest BCUT2D eigenvalue weighted by Gasteiger charge is 2.40. The highest BCUT2D eigenvalue weighted by molar-refractivity contribution is 7.80. The van der Waals surface area contributed by atoms with E-state index >= 15 is 0 Å². The van der Waals surface area contributed by atoms with Gasteiger partial charge in [-0.3, -0.25) is 9.59 Å². The third kappa shape index (κ3) is 10.3. The van der Waals surface area contributed by atoms with E-state index in [-0.39, 0.29) is 5.11 Å². The minimum absolute atomic E-state index is 0.000000000000000222. The quantitative estimate of drug-likeness (QED) is 0.303. The molecule has 0 radical (unpaired) electrons. The monoisotopic (exact) mass is 268 g/mol. The molecule has 0 amide bonds. The maximum atomic E-state index is 10.3. The fourth-order valence-corrected chi connectivity index (χ4v) is 0.714. The van der Waals surface area contributed by atoms with Crippen LogP contribution in [0.3, 0.4) is 0 Å². The summed E-state index contributed by atoms with van der Waals surface area (Å²) >= 11 is 4.09. The second-order valence-corrected chi connectivity index (χ2v) is 3.35. The lowest BCUT2D eigenvalue weighted by Crippen LogP contribution is -2.42. The number of hydrogen-bond acceptors (Lipinski definition) is 5. The van der Waals surface area contributed by atoms with Crippen molar-refractivity contribution >= 4 is 35.2 Å². The van der Waals surface area contributed by atoms with E-state index in [0.29, 0.717) is 0 Å². The summed E-state index contributed by atoms with van der Waals surface area (Å²) in [6.45, 7) is 0. The zero-order chi connectivity index (χ0) is 14.2. The van der Waals surface area contributed by atoms with Gasteiger partial charge >= 0.3 is 17.9 Å². The molecule has 9 nitrogen and oxygen atoms in total. The van der Waals surface area contributed by atoms with Crippen molar-refractivity contribution in [3.05, 3.63) is 0 Å². The Morgan fingerprint density at radius 2 is 1.24 bits per heavy atom. The molecule has 0 rings (SSSR count). The van der Waals surface area contributed by atoms with Crippen LogP contribution in [0.5, 0.6) is 0 Å². The first-order chi connectivity index (χ1) is 7.51. The summed E-state index contributed by atoms with van der Waals surface area (Å²) in [4.78, 5) is 30.5. The van der Waals surface area contributed by atoms with Crippen LogP contribution in [0.4, 0.5) is 0 Å². The predicted octanol–water partition coefficient (Wildman–Crippen LogP) is -2.06. The fourth-order valence-electron chi connectivity index (χ4n) is 0.714. The van der Waals surface area contributed by atoms with Gasteiger partial charge in [-0.2, -0.15) is 0 Å². The summed E-state index contributed by atoms with van der Waals surface area (Å²) in [5.74, 6) is -5.02. The van der Waals surface area contributed by atoms with Gasteiger partial charge in [0.2, 0.25) is 0 Å². The summed E-state index contributed by atoms with van der Waals surface area (Å²) in [5, 5.41) is 33.8. The molecule has 10 heteroatoms. The van der Waals surface area contributed by atoms with Gasteiger partial charge in [0.25, 0.3) is 0 Å². The molecule has 0 spiro atoms.